The molecule has 58 valence electrons. The number of hydrogen-bond acceptors (Lipinski definition) is 4. The van der Waals surface area contributed by atoms with Crippen molar-refractivity contribution in [2.45, 2.75) is 6.42 Å². The van der Waals surface area contributed by atoms with E-state index in [0.29, 0.717) is 6.42 Å². The monoisotopic (exact) mass is 145 g/mol. The van der Waals surface area contributed by atoms with Crippen LogP contribution in [0.4, 0.5) is 0 Å². The molecule has 0 bridgehead atoms. The lowest BCUT2D eigenvalue weighted by Crippen LogP contribution is -2.02. The zero-order chi connectivity index (χ0) is 7.11. The second-order valence-electron chi connectivity index (χ2n) is 1.32. The number of nitrogens with two attached hydrogens (primary N) is 2. The van der Waals surface area contributed by atoms with Crippen LogP contribution in [0, 0.1) is 0 Å². The van der Waals surface area contributed by atoms with E-state index in [4.69, 9.17) is 0 Å². The molecule has 1 rings (SSSR count). The van der Waals surface area contributed by atoms with Crippen molar-refractivity contribution in [2.24, 2.45) is 16.7 Å². The van der Waals surface area contributed by atoms with E-state index in [-0.39, 0.29) is 11.3 Å². The van der Waals surface area contributed by atoms with E-state index in [1.54, 1.807) is 6.21 Å². The summed E-state index contributed by atoms with van der Waals surface area (Å²) < 4.78 is 0. The summed E-state index contributed by atoms with van der Waals surface area (Å²) in [5.41, 5.74) is 0. The molecule has 0 fully saturated rings. The molecule has 10 heavy (non-hydrogen) atoms. The van der Waals surface area contributed by atoms with Crippen LogP contribution in [0.25, 0.3) is 0 Å². The predicted molar refractivity (Wildman–Crippen MR) is 39.2 cm³/mol. The normalized spacial score (nSPS) is 13.2. The van der Waals surface area contributed by atoms with E-state index in [0.717, 1.165) is 0 Å². The highest BCUT2D eigenvalue weighted by atomic mass is 16.1. The molecule has 5 nitrogen and oxygen atoms in total. The van der Waals surface area contributed by atoms with Crippen LogP contribution < -0.4 is 11.7 Å². The topological polar surface area (TPSA) is 113 Å². The Morgan fingerprint density at radius 1 is 1.50 bits per heavy atom. The van der Waals surface area contributed by atoms with Crippen molar-refractivity contribution >= 4 is 12.0 Å². The van der Waals surface area contributed by atoms with Crippen LogP contribution in [0.5, 0.6) is 0 Å². The number of carbonyl (C=O) groups is 1. The molecule has 1 aliphatic heterocycles. The average Bonchev–Trinajstić information content (AvgIpc) is 1.94. The van der Waals surface area contributed by atoms with Crippen LogP contribution in [-0.4, -0.2) is 17.5 Å². The van der Waals surface area contributed by atoms with E-state index >= 15 is 0 Å². The standard InChI is InChI=1S/C5H5NO.H4N2.H2O/c7-5-1-3-6-4-2-5;1-2;/h1,3-4H,2H2;1-2H2;1H2. The van der Waals surface area contributed by atoms with Gasteiger partial charge in [-0.25, -0.2) is 0 Å². The van der Waals surface area contributed by atoms with Crippen LogP contribution in [-0.2, 0) is 4.79 Å². The minimum atomic E-state index is 0. The Kier molecular flexibility index (Phi) is 9.33. The van der Waals surface area contributed by atoms with E-state index in [2.05, 4.69) is 16.7 Å². The molecule has 0 aliphatic carbocycles. The first-order valence-corrected chi connectivity index (χ1v) is 2.44. The minimum Gasteiger partial charge on any atom is -0.412 e. The van der Waals surface area contributed by atoms with Crippen LogP contribution in [0.1, 0.15) is 6.42 Å². The summed E-state index contributed by atoms with van der Waals surface area (Å²) in [6.45, 7) is 0. The summed E-state index contributed by atoms with van der Waals surface area (Å²) in [5.74, 6) is 8.13. The molecule has 0 saturated heterocycles. The average molecular weight is 145 g/mol. The Hall–Kier alpha value is -1.04. The van der Waals surface area contributed by atoms with Gasteiger partial charge in [0.05, 0.1) is 0 Å². The second-order valence-corrected chi connectivity index (χ2v) is 1.32. The van der Waals surface area contributed by atoms with E-state index in [9.17, 15) is 4.79 Å². The number of hydrazine groups is 1. The van der Waals surface area contributed by atoms with Crippen molar-refractivity contribution < 1.29 is 10.3 Å². The fourth-order valence-corrected chi connectivity index (χ4v) is 0.398. The number of hydrogen-bond donors (Lipinski definition) is 2. The smallest absolute Gasteiger partial charge is 0.162 e. The first kappa shape index (κ1) is 11.7. The molecular formula is C5H11N3O2. The fourth-order valence-electron chi connectivity index (χ4n) is 0.398. The SMILES string of the molecule is NN.O.O=C1C=CN=CC1. The van der Waals surface area contributed by atoms with Gasteiger partial charge >= 0.3 is 0 Å². The molecule has 0 spiro atoms. The van der Waals surface area contributed by atoms with Crippen LogP contribution in [0.15, 0.2) is 17.3 Å². The first-order chi connectivity index (χ1) is 4.39. The molecule has 6 N–H and O–H groups in total. The number of carbonyl (C=O) groups excluding carboxylic acids is 1. The van der Waals surface area contributed by atoms with Crippen molar-refractivity contribution in [3.63, 3.8) is 0 Å². The van der Waals surface area contributed by atoms with Crippen molar-refractivity contribution in [3.05, 3.63) is 12.3 Å². The maximum atomic E-state index is 10.3. The van der Waals surface area contributed by atoms with Gasteiger partial charge in [-0.05, 0) is 6.08 Å². The van der Waals surface area contributed by atoms with Gasteiger partial charge in [0, 0.05) is 18.8 Å². The van der Waals surface area contributed by atoms with Crippen molar-refractivity contribution in [3.8, 4) is 0 Å². The molecule has 5 heteroatoms. The zero-order valence-corrected chi connectivity index (χ0v) is 5.45. The van der Waals surface area contributed by atoms with E-state index < -0.39 is 0 Å². The summed E-state index contributed by atoms with van der Waals surface area (Å²) in [4.78, 5) is 14.0. The first-order valence-electron chi connectivity index (χ1n) is 2.44. The lowest BCUT2D eigenvalue weighted by atomic mass is 10.3. The van der Waals surface area contributed by atoms with Gasteiger partial charge in [-0.1, -0.05) is 0 Å². The highest BCUT2D eigenvalue weighted by molar-refractivity contribution is 6.00. The van der Waals surface area contributed by atoms with Gasteiger partial charge in [0.2, 0.25) is 0 Å². The highest BCUT2D eigenvalue weighted by Crippen LogP contribution is 1.88. The second kappa shape index (κ2) is 7.96. The van der Waals surface area contributed by atoms with Gasteiger partial charge in [0.15, 0.2) is 5.78 Å². The molecular weight excluding hydrogens is 134 g/mol. The van der Waals surface area contributed by atoms with Crippen molar-refractivity contribution in [1.82, 2.24) is 0 Å². The van der Waals surface area contributed by atoms with Crippen LogP contribution in [0.2, 0.25) is 0 Å². The Morgan fingerprint density at radius 2 is 2.10 bits per heavy atom. The minimum absolute atomic E-state index is 0. The number of nitrogens with zero attached hydrogens (tertiary/aromatic N) is 1. The van der Waals surface area contributed by atoms with Gasteiger partial charge in [0.25, 0.3) is 0 Å². The Labute approximate surface area is 58.7 Å². The van der Waals surface area contributed by atoms with E-state index in [1.807, 2.05) is 0 Å². The van der Waals surface area contributed by atoms with Crippen molar-refractivity contribution in [2.75, 3.05) is 0 Å². The molecule has 0 atom stereocenters. The summed E-state index contributed by atoms with van der Waals surface area (Å²) in [6, 6.07) is 0. The number of ketones is 1. The number of rotatable bonds is 0. The number of allylic oxidation sites excluding steroid dienone is 1. The lowest BCUT2D eigenvalue weighted by molar-refractivity contribution is -0.113. The van der Waals surface area contributed by atoms with Crippen LogP contribution >= 0.6 is 0 Å². The van der Waals surface area contributed by atoms with Gasteiger partial charge in [-0.2, -0.15) is 0 Å². The maximum absolute atomic E-state index is 10.3. The third kappa shape index (κ3) is 5.10. The molecule has 1 heterocycles. The summed E-state index contributed by atoms with van der Waals surface area (Å²) in [6.07, 6.45) is 5.05. The molecule has 0 radical (unpaired) electrons. The van der Waals surface area contributed by atoms with Crippen LogP contribution in [0.3, 0.4) is 0 Å². The molecule has 0 aromatic carbocycles. The number of aliphatic imine (C=N–C) groups is 1. The quantitative estimate of drug-likeness (QED) is 0.320. The highest BCUT2D eigenvalue weighted by Gasteiger charge is 1.93. The lowest BCUT2D eigenvalue weighted by Gasteiger charge is -1.88. The maximum Gasteiger partial charge on any atom is 0.162 e. The third-order valence-corrected chi connectivity index (χ3v) is 0.744. The molecule has 0 aromatic rings. The van der Waals surface area contributed by atoms with Gasteiger partial charge in [0.1, 0.15) is 0 Å². The van der Waals surface area contributed by atoms with Crippen molar-refractivity contribution in [1.29, 1.82) is 0 Å². The predicted octanol–water partition coefficient (Wildman–Crippen LogP) is -1.46. The fraction of sp³-hybridized carbons (Fsp3) is 0.200. The Balaban J connectivity index is 0. The zero-order valence-electron chi connectivity index (χ0n) is 5.45. The molecule has 0 aromatic heterocycles. The Bertz CT molecular complexity index is 142. The van der Waals surface area contributed by atoms with Gasteiger partial charge in [-0.15, -0.1) is 0 Å². The van der Waals surface area contributed by atoms with E-state index in [1.165, 1.54) is 12.3 Å². The molecule has 0 saturated carbocycles. The molecule has 0 amide bonds. The summed E-state index contributed by atoms with van der Waals surface area (Å²) in [7, 11) is 0. The summed E-state index contributed by atoms with van der Waals surface area (Å²) >= 11 is 0. The molecule has 1 aliphatic rings. The third-order valence-electron chi connectivity index (χ3n) is 0.744. The Morgan fingerprint density at radius 3 is 2.30 bits per heavy atom. The molecule has 0 unspecified atom stereocenters. The van der Waals surface area contributed by atoms with Gasteiger partial charge < -0.3 is 5.48 Å². The van der Waals surface area contributed by atoms with Gasteiger partial charge in [-0.3, -0.25) is 21.5 Å². The summed E-state index contributed by atoms with van der Waals surface area (Å²) in [5, 5.41) is 0. The largest absolute Gasteiger partial charge is 0.412 e.